The van der Waals surface area contributed by atoms with Crippen molar-refractivity contribution in [2.45, 2.75) is 18.8 Å². The number of hydrogen-bond acceptors (Lipinski definition) is 5. The van der Waals surface area contributed by atoms with Crippen molar-refractivity contribution in [2.75, 3.05) is 13.1 Å². The van der Waals surface area contributed by atoms with E-state index in [1.165, 1.54) is 6.07 Å². The van der Waals surface area contributed by atoms with Gasteiger partial charge in [-0.15, -0.1) is 0 Å². The molecule has 8 heteroatoms. The summed E-state index contributed by atoms with van der Waals surface area (Å²) in [5.41, 5.74) is 5.06. The van der Waals surface area contributed by atoms with Crippen LogP contribution >= 0.6 is 0 Å². The molecular weight excluding hydrogens is 393 g/mol. The predicted molar refractivity (Wildman–Crippen MR) is 117 cm³/mol. The van der Waals surface area contributed by atoms with Crippen molar-refractivity contribution in [3.05, 3.63) is 60.3 Å². The normalized spacial score (nSPS) is 15.1. The molecule has 4 aromatic heterocycles. The van der Waals surface area contributed by atoms with Gasteiger partial charge in [0.15, 0.2) is 11.5 Å². The summed E-state index contributed by atoms with van der Waals surface area (Å²) < 4.78 is 14.4. The quantitative estimate of drug-likeness (QED) is 0.413. The lowest BCUT2D eigenvalue weighted by molar-refractivity contribution is 0.453. The number of halogens is 1. The van der Waals surface area contributed by atoms with Crippen LogP contribution in [-0.2, 0) is 0 Å². The van der Waals surface area contributed by atoms with Crippen LogP contribution in [0.15, 0.2) is 48.8 Å². The number of pyridine rings is 2. The molecular formula is C23H20FN7. The largest absolute Gasteiger partial charge is 0.321 e. The van der Waals surface area contributed by atoms with Crippen LogP contribution in [0, 0.1) is 5.82 Å². The van der Waals surface area contributed by atoms with Crippen LogP contribution < -0.4 is 5.32 Å². The van der Waals surface area contributed by atoms with Gasteiger partial charge in [-0.3, -0.25) is 10.1 Å². The Kier molecular flexibility index (Phi) is 4.24. The van der Waals surface area contributed by atoms with Crippen LogP contribution in [0.3, 0.4) is 0 Å². The number of nitrogens with zero attached hydrogens (tertiary/aromatic N) is 4. The van der Waals surface area contributed by atoms with E-state index in [9.17, 15) is 4.39 Å². The Morgan fingerprint density at radius 2 is 1.87 bits per heavy atom. The SMILES string of the molecule is Fc1ccccc1-c1ccnc2[nH]c(-c3n[nH]c4cnc(C5CCNCC5)cc34)nc12. The summed E-state index contributed by atoms with van der Waals surface area (Å²) >= 11 is 0. The summed E-state index contributed by atoms with van der Waals surface area (Å²) in [6.07, 6.45) is 5.65. The fourth-order valence-electron chi connectivity index (χ4n) is 4.37. The van der Waals surface area contributed by atoms with Crippen LogP contribution in [0.5, 0.6) is 0 Å². The number of piperidine rings is 1. The maximum Gasteiger partial charge on any atom is 0.160 e. The second-order valence-electron chi connectivity index (χ2n) is 7.87. The van der Waals surface area contributed by atoms with Gasteiger partial charge in [0, 0.05) is 34.3 Å². The van der Waals surface area contributed by atoms with Gasteiger partial charge in [-0.05, 0) is 44.1 Å². The van der Waals surface area contributed by atoms with Gasteiger partial charge >= 0.3 is 0 Å². The first-order chi connectivity index (χ1) is 15.3. The van der Waals surface area contributed by atoms with Crippen molar-refractivity contribution < 1.29 is 4.39 Å². The van der Waals surface area contributed by atoms with E-state index >= 15 is 0 Å². The van der Waals surface area contributed by atoms with E-state index < -0.39 is 0 Å². The zero-order chi connectivity index (χ0) is 20.8. The first-order valence-electron chi connectivity index (χ1n) is 10.4. The third-order valence-electron chi connectivity index (χ3n) is 6.00. The van der Waals surface area contributed by atoms with Gasteiger partial charge in [0.25, 0.3) is 0 Å². The molecule has 0 saturated carbocycles. The average Bonchev–Trinajstić information content (AvgIpc) is 3.43. The van der Waals surface area contributed by atoms with Crippen LogP contribution in [0.2, 0.25) is 0 Å². The molecule has 31 heavy (non-hydrogen) atoms. The van der Waals surface area contributed by atoms with Gasteiger partial charge in [-0.2, -0.15) is 5.10 Å². The van der Waals surface area contributed by atoms with Gasteiger partial charge in [-0.25, -0.2) is 14.4 Å². The molecule has 3 N–H and O–H groups in total. The fourth-order valence-corrected chi connectivity index (χ4v) is 4.37. The summed E-state index contributed by atoms with van der Waals surface area (Å²) in [5, 5.41) is 11.9. The number of H-pyrrole nitrogens is 2. The lowest BCUT2D eigenvalue weighted by atomic mass is 9.93. The van der Waals surface area contributed by atoms with Gasteiger partial charge in [-0.1, -0.05) is 18.2 Å². The summed E-state index contributed by atoms with van der Waals surface area (Å²) in [4.78, 5) is 17.1. The third kappa shape index (κ3) is 3.07. The minimum absolute atomic E-state index is 0.289. The Balaban J connectivity index is 1.48. The molecule has 0 atom stereocenters. The molecule has 7 nitrogen and oxygen atoms in total. The van der Waals surface area contributed by atoms with Crippen LogP contribution in [0.4, 0.5) is 4.39 Å². The van der Waals surface area contributed by atoms with E-state index in [-0.39, 0.29) is 5.82 Å². The van der Waals surface area contributed by atoms with E-state index in [1.807, 2.05) is 12.3 Å². The lowest BCUT2D eigenvalue weighted by Gasteiger charge is -2.21. The Labute approximate surface area is 177 Å². The fraction of sp³-hybridized carbons (Fsp3) is 0.217. The summed E-state index contributed by atoms with van der Waals surface area (Å²) in [7, 11) is 0. The number of aromatic amines is 2. The van der Waals surface area contributed by atoms with Gasteiger partial charge in [0.05, 0.1) is 11.7 Å². The summed E-state index contributed by atoms with van der Waals surface area (Å²) in [5.74, 6) is 0.751. The number of rotatable bonds is 3. The first-order valence-corrected chi connectivity index (χ1v) is 10.4. The molecule has 154 valence electrons. The monoisotopic (exact) mass is 413 g/mol. The summed E-state index contributed by atoms with van der Waals surface area (Å²) in [6.45, 7) is 2.02. The number of hydrogen-bond donors (Lipinski definition) is 3. The molecule has 1 fully saturated rings. The smallest absolute Gasteiger partial charge is 0.160 e. The van der Waals surface area contributed by atoms with E-state index in [4.69, 9.17) is 4.98 Å². The second-order valence-corrected chi connectivity index (χ2v) is 7.87. The van der Waals surface area contributed by atoms with Gasteiger partial charge in [0.1, 0.15) is 17.0 Å². The van der Waals surface area contributed by atoms with E-state index in [0.29, 0.717) is 39.7 Å². The van der Waals surface area contributed by atoms with Crippen molar-refractivity contribution in [1.82, 2.24) is 35.5 Å². The molecule has 1 aromatic carbocycles. The molecule has 1 saturated heterocycles. The highest BCUT2D eigenvalue weighted by molar-refractivity contribution is 5.95. The number of fused-ring (bicyclic) bond motifs is 2. The molecule has 0 spiro atoms. The minimum Gasteiger partial charge on any atom is -0.321 e. The number of nitrogens with one attached hydrogen (secondary N) is 3. The molecule has 0 bridgehead atoms. The highest BCUT2D eigenvalue weighted by Gasteiger charge is 2.20. The topological polar surface area (TPSA) is 95.2 Å². The maximum atomic E-state index is 14.4. The van der Waals surface area contributed by atoms with E-state index in [2.05, 4.69) is 36.5 Å². The summed E-state index contributed by atoms with van der Waals surface area (Å²) in [6, 6.07) is 10.6. The molecule has 0 unspecified atom stereocenters. The Hall–Kier alpha value is -3.65. The van der Waals surface area contributed by atoms with Crippen molar-refractivity contribution in [3.8, 4) is 22.6 Å². The molecule has 0 aliphatic carbocycles. The molecule has 1 aliphatic rings. The van der Waals surface area contributed by atoms with Gasteiger partial charge < -0.3 is 10.3 Å². The Morgan fingerprint density at radius 1 is 1.00 bits per heavy atom. The van der Waals surface area contributed by atoms with Crippen molar-refractivity contribution in [2.24, 2.45) is 0 Å². The lowest BCUT2D eigenvalue weighted by Crippen LogP contribution is -2.27. The highest BCUT2D eigenvalue weighted by Crippen LogP contribution is 2.33. The minimum atomic E-state index is -0.289. The molecule has 1 aliphatic heterocycles. The Morgan fingerprint density at radius 3 is 2.74 bits per heavy atom. The first kappa shape index (κ1) is 18.1. The predicted octanol–water partition coefficient (Wildman–Crippen LogP) is 4.17. The molecule has 5 aromatic rings. The van der Waals surface area contributed by atoms with Crippen molar-refractivity contribution in [3.63, 3.8) is 0 Å². The zero-order valence-corrected chi connectivity index (χ0v) is 16.7. The molecule has 5 heterocycles. The highest BCUT2D eigenvalue weighted by atomic mass is 19.1. The van der Waals surface area contributed by atoms with Crippen LogP contribution in [0.25, 0.3) is 44.7 Å². The van der Waals surface area contributed by atoms with E-state index in [1.54, 1.807) is 24.4 Å². The van der Waals surface area contributed by atoms with Crippen molar-refractivity contribution >= 4 is 22.1 Å². The maximum absolute atomic E-state index is 14.4. The molecule has 0 radical (unpaired) electrons. The second kappa shape index (κ2) is 7.24. The molecule has 6 rings (SSSR count). The van der Waals surface area contributed by atoms with Gasteiger partial charge in [0.2, 0.25) is 0 Å². The number of imidazole rings is 1. The zero-order valence-electron chi connectivity index (χ0n) is 16.7. The van der Waals surface area contributed by atoms with Crippen LogP contribution in [-0.4, -0.2) is 43.2 Å². The van der Waals surface area contributed by atoms with E-state index in [0.717, 1.165) is 42.5 Å². The third-order valence-corrected chi connectivity index (χ3v) is 6.00. The van der Waals surface area contributed by atoms with Crippen molar-refractivity contribution in [1.29, 1.82) is 0 Å². The standard InChI is InChI=1S/C23H20FN7/c24-17-4-2-1-3-14(17)15-7-10-26-22-20(15)28-23(29-22)21-16-11-18(13-5-8-25-9-6-13)27-12-19(16)30-31-21/h1-4,7,10-13,25H,5-6,8-9H2,(H,30,31)(H,26,28,29). The molecule has 0 amide bonds. The average molecular weight is 413 g/mol. The number of benzene rings is 1. The Bertz CT molecular complexity index is 1400. The van der Waals surface area contributed by atoms with Crippen LogP contribution in [0.1, 0.15) is 24.5 Å². The number of aromatic nitrogens is 6.